The van der Waals surface area contributed by atoms with E-state index in [2.05, 4.69) is 16.7 Å². The Kier molecular flexibility index (Phi) is 6.89. The third kappa shape index (κ3) is 4.78. The van der Waals surface area contributed by atoms with Gasteiger partial charge in [0.15, 0.2) is 5.60 Å². The number of ether oxygens (including phenoxy) is 2. The van der Waals surface area contributed by atoms with Gasteiger partial charge in [-0.2, -0.15) is 0 Å². The van der Waals surface area contributed by atoms with Crippen molar-refractivity contribution in [3.8, 4) is 5.75 Å². The highest BCUT2D eigenvalue weighted by atomic mass is 16.5. The van der Waals surface area contributed by atoms with Gasteiger partial charge < -0.3 is 25.0 Å². The highest BCUT2D eigenvalue weighted by Crippen LogP contribution is 2.28. The highest BCUT2D eigenvalue weighted by Gasteiger charge is 2.45. The van der Waals surface area contributed by atoms with Crippen molar-refractivity contribution in [2.24, 2.45) is 0 Å². The normalized spacial score (nSPS) is 28.5. The maximum absolute atomic E-state index is 13.2. The molecule has 1 spiro atoms. The van der Waals surface area contributed by atoms with E-state index in [0.717, 1.165) is 50.8 Å². The summed E-state index contributed by atoms with van der Waals surface area (Å²) in [6, 6.07) is 7.96. The van der Waals surface area contributed by atoms with Crippen molar-refractivity contribution < 1.29 is 19.1 Å². The average Bonchev–Trinajstić information content (AvgIpc) is 2.79. The number of carbonyl (C=O) groups is 2. The molecule has 0 saturated carbocycles. The summed E-state index contributed by atoms with van der Waals surface area (Å²) in [5.74, 6) is 0.871. The lowest BCUT2D eigenvalue weighted by Crippen LogP contribution is -2.63. The summed E-state index contributed by atoms with van der Waals surface area (Å²) < 4.78 is 12.0. The standard InChI is InChI=1S/C23H33N3O4/c27-21(19-9-4-6-12-24-19)26-14-16-30-23(17-26)11-5-3-8-18-7-1-2-10-20(18)29-15-13-25-22(23)28/h1-2,7,10,19,24H,3-6,8-9,11-17H2,(H,25,28)/t19-,23?/m0/s1. The lowest BCUT2D eigenvalue weighted by molar-refractivity contribution is -0.168. The summed E-state index contributed by atoms with van der Waals surface area (Å²) in [6.07, 6.45) is 6.37. The van der Waals surface area contributed by atoms with Crippen LogP contribution in [0.15, 0.2) is 24.3 Å². The Bertz CT molecular complexity index is 750. The zero-order valence-electron chi connectivity index (χ0n) is 17.7. The first-order chi connectivity index (χ1) is 14.7. The Labute approximate surface area is 178 Å². The zero-order valence-corrected chi connectivity index (χ0v) is 17.7. The molecule has 3 heterocycles. The first-order valence-corrected chi connectivity index (χ1v) is 11.3. The molecule has 164 valence electrons. The molecule has 2 saturated heterocycles. The Hall–Kier alpha value is -2.12. The van der Waals surface area contributed by atoms with E-state index in [0.29, 0.717) is 39.3 Å². The predicted molar refractivity (Wildman–Crippen MR) is 113 cm³/mol. The van der Waals surface area contributed by atoms with Crippen molar-refractivity contribution in [2.75, 3.05) is 39.4 Å². The van der Waals surface area contributed by atoms with E-state index in [1.165, 1.54) is 5.56 Å². The molecular weight excluding hydrogens is 382 g/mol. The van der Waals surface area contributed by atoms with Crippen molar-refractivity contribution in [3.05, 3.63) is 29.8 Å². The molecule has 0 radical (unpaired) electrons. The van der Waals surface area contributed by atoms with E-state index in [4.69, 9.17) is 9.47 Å². The van der Waals surface area contributed by atoms with Crippen molar-refractivity contribution in [1.29, 1.82) is 0 Å². The number of piperidine rings is 1. The number of hydrogen-bond acceptors (Lipinski definition) is 5. The van der Waals surface area contributed by atoms with Gasteiger partial charge in [-0.1, -0.05) is 24.6 Å². The summed E-state index contributed by atoms with van der Waals surface area (Å²) in [6.45, 7) is 2.97. The van der Waals surface area contributed by atoms with Gasteiger partial charge in [-0.05, 0) is 56.7 Å². The second kappa shape index (κ2) is 9.79. The molecule has 0 aliphatic carbocycles. The molecule has 2 amide bonds. The molecule has 3 aliphatic rings. The van der Waals surface area contributed by atoms with E-state index in [1.807, 2.05) is 23.1 Å². The molecule has 7 nitrogen and oxygen atoms in total. The van der Waals surface area contributed by atoms with Crippen LogP contribution in [0.1, 0.15) is 44.1 Å². The van der Waals surface area contributed by atoms with Crippen LogP contribution in [0.2, 0.25) is 0 Å². The Balaban J connectivity index is 1.45. The quantitative estimate of drug-likeness (QED) is 0.729. The highest BCUT2D eigenvalue weighted by molar-refractivity contribution is 5.88. The van der Waals surface area contributed by atoms with Crippen LogP contribution in [-0.4, -0.2) is 67.7 Å². The number of nitrogens with one attached hydrogen (secondary N) is 2. The monoisotopic (exact) mass is 415 g/mol. The van der Waals surface area contributed by atoms with Crippen LogP contribution in [0.25, 0.3) is 0 Å². The molecule has 2 atom stereocenters. The number of rotatable bonds is 1. The van der Waals surface area contributed by atoms with E-state index < -0.39 is 5.60 Å². The largest absolute Gasteiger partial charge is 0.491 e. The first-order valence-electron chi connectivity index (χ1n) is 11.3. The molecular formula is C23H33N3O4. The number of para-hydroxylation sites is 1. The number of nitrogens with zero attached hydrogens (tertiary/aromatic N) is 1. The predicted octanol–water partition coefficient (Wildman–Crippen LogP) is 1.65. The summed E-state index contributed by atoms with van der Waals surface area (Å²) >= 11 is 0. The molecule has 30 heavy (non-hydrogen) atoms. The summed E-state index contributed by atoms with van der Waals surface area (Å²) in [7, 11) is 0. The Morgan fingerprint density at radius 3 is 2.87 bits per heavy atom. The maximum Gasteiger partial charge on any atom is 0.254 e. The number of benzene rings is 1. The Morgan fingerprint density at radius 1 is 1.10 bits per heavy atom. The SMILES string of the molecule is O=C([C@@H]1CCCCN1)N1CCOC2(CCCCc3ccccc3OCCNC2=O)C1. The van der Waals surface area contributed by atoms with Gasteiger partial charge in [0.25, 0.3) is 5.91 Å². The maximum atomic E-state index is 13.2. The van der Waals surface area contributed by atoms with Gasteiger partial charge >= 0.3 is 0 Å². The van der Waals surface area contributed by atoms with Gasteiger partial charge in [-0.25, -0.2) is 0 Å². The van der Waals surface area contributed by atoms with Gasteiger partial charge in [-0.15, -0.1) is 0 Å². The topological polar surface area (TPSA) is 79.9 Å². The van der Waals surface area contributed by atoms with Crippen LogP contribution in [0.4, 0.5) is 0 Å². The summed E-state index contributed by atoms with van der Waals surface area (Å²) in [5, 5.41) is 6.32. The molecule has 0 aromatic heterocycles. The molecule has 1 unspecified atom stereocenters. The van der Waals surface area contributed by atoms with Crippen LogP contribution < -0.4 is 15.4 Å². The van der Waals surface area contributed by atoms with Gasteiger partial charge in [0.05, 0.1) is 25.7 Å². The molecule has 1 aromatic rings. The first kappa shape index (κ1) is 21.1. The van der Waals surface area contributed by atoms with Crippen LogP contribution in [-0.2, 0) is 20.7 Å². The van der Waals surface area contributed by atoms with Crippen LogP contribution in [0, 0.1) is 0 Å². The minimum absolute atomic E-state index is 0.105. The van der Waals surface area contributed by atoms with Gasteiger partial charge in [-0.3, -0.25) is 9.59 Å². The van der Waals surface area contributed by atoms with Crippen molar-refractivity contribution in [3.63, 3.8) is 0 Å². The summed E-state index contributed by atoms with van der Waals surface area (Å²) in [5.41, 5.74) is 0.226. The second-order valence-corrected chi connectivity index (χ2v) is 8.52. The molecule has 2 N–H and O–H groups in total. The zero-order chi connectivity index (χ0) is 20.8. The van der Waals surface area contributed by atoms with Crippen molar-refractivity contribution >= 4 is 11.8 Å². The number of fused-ring (bicyclic) bond motifs is 1. The van der Waals surface area contributed by atoms with E-state index in [1.54, 1.807) is 0 Å². The lowest BCUT2D eigenvalue weighted by Gasteiger charge is -2.43. The third-order valence-electron chi connectivity index (χ3n) is 6.41. The van der Waals surface area contributed by atoms with Crippen molar-refractivity contribution in [2.45, 2.75) is 56.6 Å². The number of morpholine rings is 1. The number of carbonyl (C=O) groups excluding carboxylic acids is 2. The summed E-state index contributed by atoms with van der Waals surface area (Å²) in [4.78, 5) is 28.0. The van der Waals surface area contributed by atoms with E-state index in [-0.39, 0.29) is 17.9 Å². The fraction of sp³-hybridized carbons (Fsp3) is 0.652. The molecule has 3 aliphatic heterocycles. The van der Waals surface area contributed by atoms with Crippen LogP contribution >= 0.6 is 0 Å². The van der Waals surface area contributed by atoms with Gasteiger partial charge in [0, 0.05) is 6.54 Å². The number of aryl methyl sites for hydroxylation is 1. The second-order valence-electron chi connectivity index (χ2n) is 8.52. The van der Waals surface area contributed by atoms with Gasteiger partial charge in [0.1, 0.15) is 12.4 Å². The third-order valence-corrected chi connectivity index (χ3v) is 6.41. The van der Waals surface area contributed by atoms with E-state index >= 15 is 0 Å². The lowest BCUT2D eigenvalue weighted by atomic mass is 9.91. The number of amides is 2. The average molecular weight is 416 g/mol. The van der Waals surface area contributed by atoms with Crippen LogP contribution in [0.5, 0.6) is 5.75 Å². The smallest absolute Gasteiger partial charge is 0.254 e. The fourth-order valence-electron chi connectivity index (χ4n) is 4.72. The molecule has 7 heteroatoms. The minimum Gasteiger partial charge on any atom is -0.491 e. The molecule has 4 rings (SSSR count). The van der Waals surface area contributed by atoms with Crippen molar-refractivity contribution in [1.82, 2.24) is 15.5 Å². The number of hydrogen-bond donors (Lipinski definition) is 2. The van der Waals surface area contributed by atoms with Crippen LogP contribution in [0.3, 0.4) is 0 Å². The Morgan fingerprint density at radius 2 is 2.00 bits per heavy atom. The van der Waals surface area contributed by atoms with E-state index in [9.17, 15) is 9.59 Å². The fourth-order valence-corrected chi connectivity index (χ4v) is 4.72. The van der Waals surface area contributed by atoms with Gasteiger partial charge in [0.2, 0.25) is 5.91 Å². The minimum atomic E-state index is -0.971. The molecule has 2 fully saturated rings. The molecule has 1 aromatic carbocycles. The molecule has 0 bridgehead atoms.